The lowest BCUT2D eigenvalue weighted by Crippen LogP contribution is -2.06. The number of methoxy groups -OCH3 is 2. The molecule has 0 saturated heterocycles. The van der Waals surface area contributed by atoms with Gasteiger partial charge in [-0.25, -0.2) is 10.3 Å². The van der Waals surface area contributed by atoms with Crippen molar-refractivity contribution in [1.29, 1.82) is 0 Å². The number of hydrogen-bond donors (Lipinski definition) is 1. The first kappa shape index (κ1) is 14.1. The highest BCUT2D eigenvalue weighted by atomic mass is 32.2. The minimum Gasteiger partial charge on any atom is -0.493 e. The lowest BCUT2D eigenvalue weighted by atomic mass is 10.1. The lowest BCUT2D eigenvalue weighted by molar-refractivity contribution is 0.140. The van der Waals surface area contributed by atoms with Crippen molar-refractivity contribution in [2.75, 3.05) is 27.1 Å². The Labute approximate surface area is 104 Å². The zero-order valence-electron chi connectivity index (χ0n) is 10.1. The van der Waals surface area contributed by atoms with E-state index in [1.165, 1.54) is 32.0 Å². The van der Waals surface area contributed by atoms with Gasteiger partial charge in [-0.3, -0.25) is 0 Å². The van der Waals surface area contributed by atoms with E-state index in [2.05, 4.69) is 4.84 Å². The molecule has 0 aliphatic carbocycles. The standard InChI is InChI=1S/C11H16FNO3S/c1-14-9-7(4-5-16-13)6-8(12)11(17-3)10(9)15-2/h6H,4-5,13H2,1-3H3. The zero-order chi connectivity index (χ0) is 12.8. The molecule has 6 heteroatoms. The number of thioether (sulfide) groups is 1. The first-order valence-electron chi connectivity index (χ1n) is 4.98. The van der Waals surface area contributed by atoms with Crippen molar-refractivity contribution < 1.29 is 18.7 Å². The third kappa shape index (κ3) is 3.02. The summed E-state index contributed by atoms with van der Waals surface area (Å²) in [7, 11) is 3.01. The molecule has 0 aromatic heterocycles. The Kier molecular flexibility index (Phi) is 5.54. The van der Waals surface area contributed by atoms with Gasteiger partial charge in [0.15, 0.2) is 11.5 Å². The summed E-state index contributed by atoms with van der Waals surface area (Å²) in [5, 5.41) is 0. The number of ether oxygens (including phenoxy) is 2. The molecule has 0 radical (unpaired) electrons. The van der Waals surface area contributed by atoms with Crippen LogP contribution in [0.1, 0.15) is 5.56 Å². The monoisotopic (exact) mass is 261 g/mol. The smallest absolute Gasteiger partial charge is 0.177 e. The second-order valence-electron chi connectivity index (χ2n) is 3.24. The molecule has 0 spiro atoms. The molecular weight excluding hydrogens is 245 g/mol. The maximum Gasteiger partial charge on any atom is 0.177 e. The fourth-order valence-corrected chi connectivity index (χ4v) is 2.21. The third-order valence-electron chi connectivity index (χ3n) is 2.32. The van der Waals surface area contributed by atoms with E-state index in [0.29, 0.717) is 28.4 Å². The van der Waals surface area contributed by atoms with Gasteiger partial charge in [0.05, 0.1) is 25.7 Å². The van der Waals surface area contributed by atoms with Gasteiger partial charge in [0.1, 0.15) is 5.82 Å². The Morgan fingerprint density at radius 3 is 2.41 bits per heavy atom. The molecule has 0 bridgehead atoms. The summed E-state index contributed by atoms with van der Waals surface area (Å²) < 4.78 is 24.3. The Balaban J connectivity index is 3.26. The maximum absolute atomic E-state index is 13.8. The lowest BCUT2D eigenvalue weighted by Gasteiger charge is -2.16. The molecule has 17 heavy (non-hydrogen) atoms. The highest BCUT2D eigenvalue weighted by molar-refractivity contribution is 7.98. The van der Waals surface area contributed by atoms with Crippen LogP contribution in [0.3, 0.4) is 0 Å². The number of hydrogen-bond acceptors (Lipinski definition) is 5. The van der Waals surface area contributed by atoms with Gasteiger partial charge in [-0.2, -0.15) is 0 Å². The summed E-state index contributed by atoms with van der Waals surface area (Å²) in [5.41, 5.74) is 0.671. The Morgan fingerprint density at radius 1 is 1.29 bits per heavy atom. The second kappa shape index (κ2) is 6.68. The Morgan fingerprint density at radius 2 is 1.94 bits per heavy atom. The predicted molar refractivity (Wildman–Crippen MR) is 65.1 cm³/mol. The molecule has 96 valence electrons. The van der Waals surface area contributed by atoms with Crippen molar-refractivity contribution in [3.05, 3.63) is 17.4 Å². The number of benzene rings is 1. The van der Waals surface area contributed by atoms with Gasteiger partial charge in [-0.15, -0.1) is 11.8 Å². The van der Waals surface area contributed by atoms with Gasteiger partial charge in [-0.1, -0.05) is 0 Å². The van der Waals surface area contributed by atoms with E-state index in [1.807, 2.05) is 0 Å². The number of nitrogens with two attached hydrogens (primary N) is 1. The van der Waals surface area contributed by atoms with Crippen molar-refractivity contribution in [1.82, 2.24) is 0 Å². The Hall–Kier alpha value is -0.980. The van der Waals surface area contributed by atoms with Gasteiger partial charge < -0.3 is 14.3 Å². The van der Waals surface area contributed by atoms with Gasteiger partial charge in [0.2, 0.25) is 0 Å². The molecular formula is C11H16FNO3S. The fourth-order valence-electron chi connectivity index (χ4n) is 1.60. The van der Waals surface area contributed by atoms with Crippen LogP contribution in [0.4, 0.5) is 4.39 Å². The van der Waals surface area contributed by atoms with Crippen LogP contribution in [0.5, 0.6) is 11.5 Å². The highest BCUT2D eigenvalue weighted by Crippen LogP contribution is 2.41. The molecule has 2 N–H and O–H groups in total. The minimum atomic E-state index is -0.331. The van der Waals surface area contributed by atoms with Crippen LogP contribution < -0.4 is 15.4 Å². The number of halogens is 1. The first-order valence-corrected chi connectivity index (χ1v) is 6.21. The minimum absolute atomic E-state index is 0.289. The van der Waals surface area contributed by atoms with E-state index < -0.39 is 0 Å². The average molecular weight is 261 g/mol. The van der Waals surface area contributed by atoms with Crippen LogP contribution in [0, 0.1) is 5.82 Å². The van der Waals surface area contributed by atoms with E-state index in [-0.39, 0.29) is 12.4 Å². The van der Waals surface area contributed by atoms with Gasteiger partial charge in [0.25, 0.3) is 0 Å². The molecule has 0 aliphatic rings. The van der Waals surface area contributed by atoms with E-state index in [4.69, 9.17) is 15.4 Å². The third-order valence-corrected chi connectivity index (χ3v) is 3.11. The zero-order valence-corrected chi connectivity index (χ0v) is 10.9. The van der Waals surface area contributed by atoms with Crippen LogP contribution in [-0.2, 0) is 11.3 Å². The average Bonchev–Trinajstić information content (AvgIpc) is 2.35. The quantitative estimate of drug-likeness (QED) is 0.627. The van der Waals surface area contributed by atoms with Crippen LogP contribution >= 0.6 is 11.8 Å². The molecule has 0 heterocycles. The molecule has 1 rings (SSSR count). The van der Waals surface area contributed by atoms with E-state index in [0.717, 1.165) is 0 Å². The highest BCUT2D eigenvalue weighted by Gasteiger charge is 2.19. The summed E-state index contributed by atoms with van der Waals surface area (Å²) in [6.45, 7) is 0.289. The summed E-state index contributed by atoms with van der Waals surface area (Å²) in [4.78, 5) is 4.92. The molecule has 0 atom stereocenters. The van der Waals surface area contributed by atoms with E-state index >= 15 is 0 Å². The SMILES string of the molecule is COc1c(CCON)cc(F)c(SC)c1OC. The molecule has 1 aromatic rings. The normalized spacial score (nSPS) is 10.4. The molecule has 0 unspecified atom stereocenters. The van der Waals surface area contributed by atoms with Crippen molar-refractivity contribution in [3.8, 4) is 11.5 Å². The molecule has 4 nitrogen and oxygen atoms in total. The number of rotatable bonds is 6. The molecule has 0 amide bonds. The van der Waals surface area contributed by atoms with Crippen molar-refractivity contribution in [2.45, 2.75) is 11.3 Å². The first-order chi connectivity index (χ1) is 8.19. The topological polar surface area (TPSA) is 53.7 Å². The fraction of sp³-hybridized carbons (Fsp3) is 0.455. The summed E-state index contributed by atoms with van der Waals surface area (Å²) in [6.07, 6.45) is 2.24. The van der Waals surface area contributed by atoms with Crippen LogP contribution in [0.2, 0.25) is 0 Å². The van der Waals surface area contributed by atoms with Crippen molar-refractivity contribution in [3.63, 3.8) is 0 Å². The van der Waals surface area contributed by atoms with Crippen molar-refractivity contribution in [2.24, 2.45) is 5.90 Å². The van der Waals surface area contributed by atoms with E-state index in [1.54, 1.807) is 6.26 Å². The largest absolute Gasteiger partial charge is 0.493 e. The molecule has 0 aliphatic heterocycles. The molecule has 1 aromatic carbocycles. The van der Waals surface area contributed by atoms with Crippen LogP contribution in [0.15, 0.2) is 11.0 Å². The summed E-state index contributed by atoms with van der Waals surface area (Å²) in [5.74, 6) is 5.56. The Bertz CT molecular complexity index is 387. The molecule has 0 saturated carbocycles. The predicted octanol–water partition coefficient (Wildman–Crippen LogP) is 2.00. The second-order valence-corrected chi connectivity index (χ2v) is 4.05. The van der Waals surface area contributed by atoms with Gasteiger partial charge in [0, 0.05) is 12.0 Å². The van der Waals surface area contributed by atoms with Gasteiger partial charge in [-0.05, 0) is 12.3 Å². The van der Waals surface area contributed by atoms with Crippen molar-refractivity contribution >= 4 is 11.8 Å². The molecule has 0 fully saturated rings. The van der Waals surface area contributed by atoms with E-state index in [9.17, 15) is 4.39 Å². The summed E-state index contributed by atoms with van der Waals surface area (Å²) in [6, 6.07) is 1.42. The van der Waals surface area contributed by atoms with Crippen LogP contribution in [0.25, 0.3) is 0 Å². The van der Waals surface area contributed by atoms with Crippen LogP contribution in [-0.4, -0.2) is 27.1 Å². The van der Waals surface area contributed by atoms with Gasteiger partial charge >= 0.3 is 0 Å². The maximum atomic E-state index is 13.8. The summed E-state index contributed by atoms with van der Waals surface area (Å²) >= 11 is 1.27.